The second kappa shape index (κ2) is 5.90. The average Bonchev–Trinajstić information content (AvgIpc) is 2.49. The van der Waals surface area contributed by atoms with Gasteiger partial charge < -0.3 is 9.47 Å². The molecule has 0 saturated carbocycles. The van der Waals surface area contributed by atoms with Crippen LogP contribution in [0, 0.1) is 11.8 Å². The molecule has 0 bridgehead atoms. The molecule has 0 radical (unpaired) electrons. The Bertz CT molecular complexity index is 545. The van der Waals surface area contributed by atoms with Crippen LogP contribution in [0.1, 0.15) is 25.8 Å². The van der Waals surface area contributed by atoms with Crippen molar-refractivity contribution in [3.05, 3.63) is 41.7 Å². The Labute approximate surface area is 118 Å². The Morgan fingerprint density at radius 2 is 1.95 bits per heavy atom. The molecular weight excluding hydrogens is 256 g/mol. The van der Waals surface area contributed by atoms with Crippen LogP contribution in [0.15, 0.2) is 36.1 Å². The van der Waals surface area contributed by atoms with E-state index in [0.29, 0.717) is 0 Å². The van der Waals surface area contributed by atoms with Gasteiger partial charge in [0, 0.05) is 11.5 Å². The minimum atomic E-state index is -0.609. The van der Waals surface area contributed by atoms with Crippen molar-refractivity contribution in [2.45, 2.75) is 20.3 Å². The Morgan fingerprint density at radius 3 is 2.50 bits per heavy atom. The summed E-state index contributed by atoms with van der Waals surface area (Å²) in [4.78, 5) is 23.8. The molecule has 1 aromatic carbocycles. The molecular formula is C16H18O4. The molecule has 0 aliphatic carbocycles. The number of methoxy groups -OCH3 is 1. The summed E-state index contributed by atoms with van der Waals surface area (Å²) in [6.07, 6.45) is 0.751. The van der Waals surface area contributed by atoms with E-state index in [9.17, 15) is 9.59 Å². The molecule has 2 unspecified atom stereocenters. The van der Waals surface area contributed by atoms with E-state index in [1.807, 2.05) is 44.2 Å². The first kappa shape index (κ1) is 14.3. The van der Waals surface area contributed by atoms with E-state index in [1.54, 1.807) is 0 Å². The number of rotatable bonds is 3. The summed E-state index contributed by atoms with van der Waals surface area (Å²) in [5.74, 6) is -1.29. The van der Waals surface area contributed by atoms with Gasteiger partial charge in [0.05, 0.1) is 13.0 Å². The molecule has 1 aliphatic rings. The second-order valence-corrected chi connectivity index (χ2v) is 4.82. The number of carbonyl (C=O) groups excluding carboxylic acids is 2. The van der Waals surface area contributed by atoms with Crippen molar-refractivity contribution in [3.63, 3.8) is 0 Å². The molecule has 4 heteroatoms. The zero-order valence-corrected chi connectivity index (χ0v) is 11.9. The number of ether oxygens (including phenoxy) is 2. The summed E-state index contributed by atoms with van der Waals surface area (Å²) in [7, 11) is 1.28. The number of hydrogen-bond donors (Lipinski definition) is 0. The fraction of sp³-hybridized carbons (Fsp3) is 0.375. The summed E-state index contributed by atoms with van der Waals surface area (Å²) in [6, 6.07) is 9.51. The first-order chi connectivity index (χ1) is 9.60. The maximum Gasteiger partial charge on any atom is 0.374 e. The average molecular weight is 274 g/mol. The van der Waals surface area contributed by atoms with E-state index in [1.165, 1.54) is 7.11 Å². The lowest BCUT2D eigenvalue weighted by Crippen LogP contribution is -2.32. The summed E-state index contributed by atoms with van der Waals surface area (Å²) >= 11 is 0. The van der Waals surface area contributed by atoms with E-state index in [0.717, 1.165) is 17.6 Å². The van der Waals surface area contributed by atoms with Crippen molar-refractivity contribution in [3.8, 4) is 0 Å². The van der Waals surface area contributed by atoms with Gasteiger partial charge >= 0.3 is 11.9 Å². The Kier molecular flexibility index (Phi) is 4.23. The van der Waals surface area contributed by atoms with Crippen LogP contribution in [0.2, 0.25) is 0 Å². The summed E-state index contributed by atoms with van der Waals surface area (Å²) < 4.78 is 9.96. The third-order valence-electron chi connectivity index (χ3n) is 3.69. The number of esters is 2. The Morgan fingerprint density at radius 1 is 1.30 bits per heavy atom. The van der Waals surface area contributed by atoms with Gasteiger partial charge in [0.1, 0.15) is 0 Å². The first-order valence-corrected chi connectivity index (χ1v) is 6.69. The SMILES string of the molecule is CCC1C(c2ccccc2)=C(C(=O)OC)OC(=O)C1C. The summed E-state index contributed by atoms with van der Waals surface area (Å²) in [6.45, 7) is 3.82. The van der Waals surface area contributed by atoms with Crippen LogP contribution < -0.4 is 0 Å². The standard InChI is InChI=1S/C16H18O4/c1-4-12-10(2)15(17)20-14(16(18)19-3)13(12)11-8-6-5-7-9-11/h5-10,12H,4H2,1-3H3. The zero-order chi connectivity index (χ0) is 14.7. The van der Waals surface area contributed by atoms with Crippen LogP contribution in [0.4, 0.5) is 0 Å². The lowest BCUT2D eigenvalue weighted by atomic mass is 9.79. The largest absolute Gasteiger partial charge is 0.463 e. The lowest BCUT2D eigenvalue weighted by molar-refractivity contribution is -0.154. The number of hydrogen-bond acceptors (Lipinski definition) is 4. The van der Waals surface area contributed by atoms with Crippen LogP contribution in [0.5, 0.6) is 0 Å². The summed E-state index contributed by atoms with van der Waals surface area (Å²) in [5.41, 5.74) is 1.64. The maximum atomic E-state index is 11.9. The minimum absolute atomic E-state index is 0.0219. The van der Waals surface area contributed by atoms with E-state index in [2.05, 4.69) is 0 Å². The van der Waals surface area contributed by atoms with Gasteiger partial charge in [-0.15, -0.1) is 0 Å². The first-order valence-electron chi connectivity index (χ1n) is 6.69. The molecule has 1 aromatic rings. The van der Waals surface area contributed by atoms with E-state index >= 15 is 0 Å². The number of cyclic esters (lactones) is 1. The highest BCUT2D eigenvalue weighted by Gasteiger charge is 2.38. The molecule has 0 fully saturated rings. The molecule has 1 heterocycles. The van der Waals surface area contributed by atoms with Crippen LogP contribution in [0.3, 0.4) is 0 Å². The van der Waals surface area contributed by atoms with Crippen molar-refractivity contribution in [1.29, 1.82) is 0 Å². The molecule has 20 heavy (non-hydrogen) atoms. The second-order valence-electron chi connectivity index (χ2n) is 4.82. The van der Waals surface area contributed by atoms with Gasteiger partial charge in [-0.2, -0.15) is 0 Å². The quantitative estimate of drug-likeness (QED) is 0.795. The van der Waals surface area contributed by atoms with E-state index in [4.69, 9.17) is 9.47 Å². The lowest BCUT2D eigenvalue weighted by Gasteiger charge is -2.30. The molecule has 1 aliphatic heterocycles. The molecule has 0 amide bonds. The van der Waals surface area contributed by atoms with Crippen molar-refractivity contribution >= 4 is 17.5 Å². The zero-order valence-electron chi connectivity index (χ0n) is 11.9. The van der Waals surface area contributed by atoms with Crippen LogP contribution in [-0.2, 0) is 19.1 Å². The fourth-order valence-corrected chi connectivity index (χ4v) is 2.60. The van der Waals surface area contributed by atoms with Gasteiger partial charge in [-0.25, -0.2) is 4.79 Å². The highest BCUT2D eigenvalue weighted by Crippen LogP contribution is 2.39. The smallest absolute Gasteiger partial charge is 0.374 e. The highest BCUT2D eigenvalue weighted by atomic mass is 16.6. The molecule has 0 aromatic heterocycles. The van der Waals surface area contributed by atoms with Gasteiger partial charge in [-0.05, 0) is 12.0 Å². The molecule has 2 rings (SSSR count). The van der Waals surface area contributed by atoms with Gasteiger partial charge in [-0.3, -0.25) is 4.79 Å². The van der Waals surface area contributed by atoms with E-state index < -0.39 is 5.97 Å². The van der Waals surface area contributed by atoms with Gasteiger partial charge in [0.25, 0.3) is 0 Å². The molecule has 0 spiro atoms. The Balaban J connectivity index is 2.62. The maximum absolute atomic E-state index is 11.9. The van der Waals surface area contributed by atoms with Crippen molar-refractivity contribution in [2.24, 2.45) is 11.8 Å². The third-order valence-corrected chi connectivity index (χ3v) is 3.69. The number of carbonyl (C=O) groups is 2. The fourth-order valence-electron chi connectivity index (χ4n) is 2.60. The topological polar surface area (TPSA) is 52.6 Å². The van der Waals surface area contributed by atoms with Crippen LogP contribution in [0.25, 0.3) is 5.57 Å². The van der Waals surface area contributed by atoms with Crippen LogP contribution in [-0.4, -0.2) is 19.0 Å². The predicted molar refractivity (Wildman–Crippen MR) is 74.4 cm³/mol. The van der Waals surface area contributed by atoms with Gasteiger partial charge in [0.15, 0.2) is 0 Å². The van der Waals surface area contributed by atoms with Crippen molar-refractivity contribution in [1.82, 2.24) is 0 Å². The molecule has 2 atom stereocenters. The molecule has 0 saturated heterocycles. The molecule has 0 N–H and O–H groups in total. The third kappa shape index (κ3) is 2.46. The number of benzene rings is 1. The number of allylic oxidation sites excluding steroid dienone is 1. The molecule has 4 nitrogen and oxygen atoms in total. The van der Waals surface area contributed by atoms with Gasteiger partial charge in [-0.1, -0.05) is 44.2 Å². The normalized spacial score (nSPS) is 22.4. The highest BCUT2D eigenvalue weighted by molar-refractivity contribution is 6.01. The van der Waals surface area contributed by atoms with E-state index in [-0.39, 0.29) is 23.6 Å². The minimum Gasteiger partial charge on any atom is -0.463 e. The van der Waals surface area contributed by atoms with Crippen LogP contribution >= 0.6 is 0 Å². The summed E-state index contributed by atoms with van der Waals surface area (Å²) in [5, 5.41) is 0. The Hall–Kier alpha value is -2.10. The molecule has 106 valence electrons. The van der Waals surface area contributed by atoms with Crippen molar-refractivity contribution < 1.29 is 19.1 Å². The van der Waals surface area contributed by atoms with Gasteiger partial charge in [0.2, 0.25) is 5.76 Å². The predicted octanol–water partition coefficient (Wildman–Crippen LogP) is 2.79. The van der Waals surface area contributed by atoms with Crippen molar-refractivity contribution in [2.75, 3.05) is 7.11 Å². The monoisotopic (exact) mass is 274 g/mol.